The normalized spacial score (nSPS) is 14.4. The number of allylic oxidation sites excluding steroid dienone is 3. The van der Waals surface area contributed by atoms with Crippen LogP contribution < -0.4 is 4.74 Å². The number of hydrogen-bond donors (Lipinski definition) is 0. The van der Waals surface area contributed by atoms with Crippen molar-refractivity contribution in [3.8, 4) is 5.75 Å². The van der Waals surface area contributed by atoms with Crippen LogP contribution in [0.5, 0.6) is 5.75 Å². The SMILES string of the molecule is [N-]=[N+]=C1C=CC(Oc2ccccc2)=CC1. The first-order valence-electron chi connectivity index (χ1n) is 4.70. The molecule has 0 N–H and O–H groups in total. The van der Waals surface area contributed by atoms with Crippen LogP contribution in [0.25, 0.3) is 5.53 Å². The third-order valence-electron chi connectivity index (χ3n) is 2.06. The Balaban J connectivity index is 2.07. The van der Waals surface area contributed by atoms with Crippen LogP contribution in [0.1, 0.15) is 6.42 Å². The molecule has 2 rings (SSSR count). The molecule has 74 valence electrons. The van der Waals surface area contributed by atoms with E-state index in [1.165, 1.54) is 0 Å². The van der Waals surface area contributed by atoms with Gasteiger partial charge in [-0.3, -0.25) is 0 Å². The van der Waals surface area contributed by atoms with Crippen LogP contribution in [0.4, 0.5) is 0 Å². The van der Waals surface area contributed by atoms with Gasteiger partial charge in [-0.25, -0.2) is 0 Å². The smallest absolute Gasteiger partial charge is 0.296 e. The maximum absolute atomic E-state index is 8.53. The highest BCUT2D eigenvalue weighted by molar-refractivity contribution is 5.92. The summed E-state index contributed by atoms with van der Waals surface area (Å²) < 4.78 is 5.59. The Morgan fingerprint density at radius 2 is 1.93 bits per heavy atom. The second-order valence-corrected chi connectivity index (χ2v) is 3.15. The zero-order chi connectivity index (χ0) is 10.5. The van der Waals surface area contributed by atoms with E-state index < -0.39 is 0 Å². The molecule has 0 saturated carbocycles. The molecule has 0 aromatic heterocycles. The predicted octanol–water partition coefficient (Wildman–Crippen LogP) is 2.58. The van der Waals surface area contributed by atoms with E-state index in [1.807, 2.05) is 36.4 Å². The van der Waals surface area contributed by atoms with Crippen LogP contribution >= 0.6 is 0 Å². The van der Waals surface area contributed by atoms with Crippen molar-refractivity contribution in [3.63, 3.8) is 0 Å². The monoisotopic (exact) mass is 198 g/mol. The van der Waals surface area contributed by atoms with E-state index in [1.54, 1.807) is 12.2 Å². The number of benzene rings is 1. The lowest BCUT2D eigenvalue weighted by Gasteiger charge is -2.07. The lowest BCUT2D eigenvalue weighted by molar-refractivity contribution is -0.00549. The van der Waals surface area contributed by atoms with E-state index in [0.29, 0.717) is 12.1 Å². The highest BCUT2D eigenvalue weighted by atomic mass is 16.5. The molecule has 1 aromatic carbocycles. The van der Waals surface area contributed by atoms with Gasteiger partial charge in [0.15, 0.2) is 0 Å². The summed E-state index contributed by atoms with van der Waals surface area (Å²) in [7, 11) is 0. The molecule has 0 radical (unpaired) electrons. The highest BCUT2D eigenvalue weighted by Gasteiger charge is 2.08. The molecule has 0 atom stereocenters. The Bertz CT molecular complexity index is 454. The van der Waals surface area contributed by atoms with Gasteiger partial charge in [-0.05, 0) is 24.3 Å². The van der Waals surface area contributed by atoms with Crippen LogP contribution in [0.15, 0.2) is 54.3 Å². The first kappa shape index (κ1) is 9.44. The van der Waals surface area contributed by atoms with Gasteiger partial charge in [-0.1, -0.05) is 18.2 Å². The van der Waals surface area contributed by atoms with Gasteiger partial charge in [-0.15, -0.1) is 0 Å². The molecule has 0 heterocycles. The summed E-state index contributed by atoms with van der Waals surface area (Å²) in [6.07, 6.45) is 5.99. The molecule has 1 aromatic rings. The van der Waals surface area contributed by atoms with Crippen molar-refractivity contribution < 1.29 is 9.53 Å². The fourth-order valence-corrected chi connectivity index (χ4v) is 1.29. The second kappa shape index (κ2) is 4.40. The largest absolute Gasteiger partial charge is 0.458 e. The summed E-state index contributed by atoms with van der Waals surface area (Å²) in [5.41, 5.74) is 9.17. The summed E-state index contributed by atoms with van der Waals surface area (Å²) in [5.74, 6) is 1.58. The van der Waals surface area contributed by atoms with Crippen molar-refractivity contribution >= 4 is 5.71 Å². The number of nitrogens with zero attached hydrogens (tertiary/aromatic N) is 2. The molecule has 15 heavy (non-hydrogen) atoms. The lowest BCUT2D eigenvalue weighted by atomic mass is 10.1. The Morgan fingerprint density at radius 1 is 1.13 bits per heavy atom. The summed E-state index contributed by atoms with van der Waals surface area (Å²) >= 11 is 0. The fraction of sp³-hybridized carbons (Fsp3) is 0.0833. The summed E-state index contributed by atoms with van der Waals surface area (Å²) in [6, 6.07) is 9.56. The third kappa shape index (κ3) is 2.42. The lowest BCUT2D eigenvalue weighted by Crippen LogP contribution is -2.02. The minimum atomic E-state index is 0.592. The Kier molecular flexibility index (Phi) is 2.77. The summed E-state index contributed by atoms with van der Waals surface area (Å²) in [4.78, 5) is 3.12. The maximum Gasteiger partial charge on any atom is 0.296 e. The van der Waals surface area contributed by atoms with Gasteiger partial charge in [0, 0.05) is 6.08 Å². The predicted molar refractivity (Wildman–Crippen MR) is 57.5 cm³/mol. The molecular weight excluding hydrogens is 188 g/mol. The average Bonchev–Trinajstić information content (AvgIpc) is 2.31. The number of rotatable bonds is 2. The molecular formula is C12H10N2O. The Hall–Kier alpha value is -2.12. The van der Waals surface area contributed by atoms with Crippen LogP contribution in [-0.2, 0) is 0 Å². The van der Waals surface area contributed by atoms with E-state index in [2.05, 4.69) is 4.79 Å². The molecule has 1 aliphatic carbocycles. The van der Waals surface area contributed by atoms with Gasteiger partial charge >= 0.3 is 0 Å². The number of para-hydroxylation sites is 1. The summed E-state index contributed by atoms with van der Waals surface area (Å²) in [5, 5.41) is 0. The molecule has 0 amide bonds. The van der Waals surface area contributed by atoms with E-state index >= 15 is 0 Å². The van der Waals surface area contributed by atoms with Gasteiger partial charge < -0.3 is 10.3 Å². The second-order valence-electron chi connectivity index (χ2n) is 3.15. The van der Waals surface area contributed by atoms with Crippen molar-refractivity contribution in [1.82, 2.24) is 0 Å². The highest BCUT2D eigenvalue weighted by Crippen LogP contribution is 2.15. The Morgan fingerprint density at radius 3 is 2.53 bits per heavy atom. The molecule has 0 fully saturated rings. The zero-order valence-corrected chi connectivity index (χ0v) is 8.13. The molecule has 3 nitrogen and oxygen atoms in total. The van der Waals surface area contributed by atoms with Crippen LogP contribution in [-0.4, -0.2) is 10.5 Å². The van der Waals surface area contributed by atoms with Gasteiger partial charge in [0.2, 0.25) is 0 Å². The molecule has 0 unspecified atom stereocenters. The molecule has 0 saturated heterocycles. The molecule has 1 aliphatic rings. The van der Waals surface area contributed by atoms with Crippen molar-refractivity contribution in [2.24, 2.45) is 0 Å². The van der Waals surface area contributed by atoms with Crippen molar-refractivity contribution in [3.05, 3.63) is 59.9 Å². The molecule has 0 spiro atoms. The fourth-order valence-electron chi connectivity index (χ4n) is 1.29. The van der Waals surface area contributed by atoms with Crippen molar-refractivity contribution in [2.75, 3.05) is 0 Å². The van der Waals surface area contributed by atoms with Gasteiger partial charge in [0.25, 0.3) is 5.71 Å². The molecule has 0 bridgehead atoms. The third-order valence-corrected chi connectivity index (χ3v) is 2.06. The molecule has 0 aliphatic heterocycles. The quantitative estimate of drug-likeness (QED) is 0.532. The van der Waals surface area contributed by atoms with Gasteiger partial charge in [-0.2, -0.15) is 4.79 Å². The van der Waals surface area contributed by atoms with Crippen molar-refractivity contribution in [1.29, 1.82) is 0 Å². The van der Waals surface area contributed by atoms with Crippen molar-refractivity contribution in [2.45, 2.75) is 6.42 Å². The summed E-state index contributed by atoms with van der Waals surface area (Å²) in [6.45, 7) is 0. The minimum absolute atomic E-state index is 0.592. The number of ether oxygens (including phenoxy) is 1. The van der Waals surface area contributed by atoms with Gasteiger partial charge in [0.1, 0.15) is 11.5 Å². The van der Waals surface area contributed by atoms with E-state index in [-0.39, 0.29) is 0 Å². The van der Waals surface area contributed by atoms with E-state index in [4.69, 9.17) is 10.3 Å². The van der Waals surface area contributed by atoms with E-state index in [9.17, 15) is 0 Å². The van der Waals surface area contributed by atoms with E-state index in [0.717, 1.165) is 11.5 Å². The van der Waals surface area contributed by atoms with Crippen LogP contribution in [0.3, 0.4) is 0 Å². The van der Waals surface area contributed by atoms with Crippen LogP contribution in [0, 0.1) is 0 Å². The molecule has 3 heteroatoms. The van der Waals surface area contributed by atoms with Crippen LogP contribution in [0.2, 0.25) is 0 Å². The minimum Gasteiger partial charge on any atom is -0.458 e. The first-order chi connectivity index (χ1) is 7.38. The Labute approximate surface area is 87.9 Å². The zero-order valence-electron chi connectivity index (χ0n) is 8.13. The topological polar surface area (TPSA) is 45.6 Å². The van der Waals surface area contributed by atoms with Gasteiger partial charge in [0.05, 0.1) is 6.42 Å². The standard InChI is InChI=1S/C12H10N2O/c13-14-10-6-8-12(9-7-10)15-11-4-2-1-3-5-11/h1-6,8-9H,7H2. The average molecular weight is 198 g/mol. The first-order valence-corrected chi connectivity index (χ1v) is 4.70. The maximum atomic E-state index is 8.53. The number of hydrogen-bond acceptors (Lipinski definition) is 1.